The number of hydrogen-bond acceptors (Lipinski definition) is 4. The van der Waals surface area contributed by atoms with Gasteiger partial charge in [-0.2, -0.15) is 0 Å². The van der Waals surface area contributed by atoms with E-state index in [0.29, 0.717) is 23.6 Å². The van der Waals surface area contributed by atoms with Crippen LogP contribution >= 0.6 is 0 Å². The molecule has 1 fully saturated rings. The number of allylic oxidation sites excluding steroid dienone is 4. The summed E-state index contributed by atoms with van der Waals surface area (Å²) in [5.74, 6) is 0.477. The van der Waals surface area contributed by atoms with Gasteiger partial charge in [-0.25, -0.2) is 9.37 Å². The Labute approximate surface area is 186 Å². The van der Waals surface area contributed by atoms with E-state index >= 15 is 0 Å². The molecule has 1 atom stereocenters. The second kappa shape index (κ2) is 8.26. The van der Waals surface area contributed by atoms with Crippen LogP contribution < -0.4 is 0 Å². The van der Waals surface area contributed by atoms with Crippen molar-refractivity contribution in [2.45, 2.75) is 44.9 Å². The Bertz CT molecular complexity index is 1280. The van der Waals surface area contributed by atoms with Crippen LogP contribution in [0, 0.1) is 18.3 Å². The van der Waals surface area contributed by atoms with E-state index in [1.807, 2.05) is 30.6 Å². The zero-order valence-corrected chi connectivity index (χ0v) is 18.0. The Morgan fingerprint density at radius 3 is 2.78 bits per heavy atom. The quantitative estimate of drug-likeness (QED) is 0.400. The number of nitrogens with zero attached hydrogens (tertiary/aromatic N) is 3. The third-order valence-electron chi connectivity index (χ3n) is 6.63. The second-order valence-electron chi connectivity index (χ2n) is 8.66. The average molecular weight is 429 g/mol. The van der Waals surface area contributed by atoms with E-state index in [1.165, 1.54) is 37.8 Å². The normalized spacial score (nSPS) is 18.8. The van der Waals surface area contributed by atoms with Gasteiger partial charge in [0, 0.05) is 46.6 Å². The van der Waals surface area contributed by atoms with Crippen molar-refractivity contribution in [1.82, 2.24) is 14.4 Å². The van der Waals surface area contributed by atoms with E-state index in [4.69, 9.17) is 10.4 Å². The molecule has 0 bridgehead atoms. The molecular weight excluding hydrogens is 403 g/mol. The van der Waals surface area contributed by atoms with Crippen LogP contribution in [0.4, 0.5) is 4.39 Å². The van der Waals surface area contributed by atoms with E-state index in [9.17, 15) is 9.18 Å². The monoisotopic (exact) mass is 428 g/mol. The largest absolute Gasteiger partial charge is 0.303 e. The molecule has 3 aromatic heterocycles. The minimum Gasteiger partial charge on any atom is -0.303 e. The average Bonchev–Trinajstić information content (AvgIpc) is 3.48. The molecule has 0 aromatic carbocycles. The maximum atomic E-state index is 13.3. The van der Waals surface area contributed by atoms with E-state index in [1.54, 1.807) is 19.2 Å². The number of aryl methyl sites for hydroxylation is 1. The van der Waals surface area contributed by atoms with Crippen LogP contribution in [-0.4, -0.2) is 25.9 Å². The van der Waals surface area contributed by atoms with E-state index < -0.39 is 5.92 Å². The van der Waals surface area contributed by atoms with Crippen LogP contribution in [0.5, 0.6) is 0 Å². The van der Waals surface area contributed by atoms with Gasteiger partial charge in [0.15, 0.2) is 0 Å². The van der Waals surface area contributed by atoms with Crippen molar-refractivity contribution >= 4 is 17.0 Å². The number of carbonyl (C=O) groups is 1. The molecule has 2 aliphatic carbocycles. The number of imidazole rings is 1. The Morgan fingerprint density at radius 1 is 1.22 bits per heavy atom. The van der Waals surface area contributed by atoms with Gasteiger partial charge in [0.1, 0.15) is 11.7 Å². The molecule has 0 aliphatic heterocycles. The molecule has 5 nitrogen and oxygen atoms in total. The lowest BCUT2D eigenvalue weighted by Gasteiger charge is -2.16. The lowest BCUT2D eigenvalue weighted by molar-refractivity contribution is 0.106. The third kappa shape index (κ3) is 3.60. The van der Waals surface area contributed by atoms with Crippen LogP contribution in [0.3, 0.4) is 0 Å². The number of carbonyl (C=O) groups excluding carboxylic acids is 1. The van der Waals surface area contributed by atoms with E-state index in [-0.39, 0.29) is 17.3 Å². The van der Waals surface area contributed by atoms with Crippen LogP contribution in [0.15, 0.2) is 60.8 Å². The molecule has 1 unspecified atom stereocenters. The number of fused-ring (bicyclic) bond motifs is 1. The highest BCUT2D eigenvalue weighted by Crippen LogP contribution is 2.35. The molecule has 3 aromatic rings. The Hall–Kier alpha value is -3.41. The Morgan fingerprint density at radius 2 is 2.03 bits per heavy atom. The van der Waals surface area contributed by atoms with Crippen LogP contribution in [0.1, 0.15) is 59.9 Å². The van der Waals surface area contributed by atoms with Gasteiger partial charge in [0.2, 0.25) is 5.78 Å². The van der Waals surface area contributed by atoms with Crippen molar-refractivity contribution < 1.29 is 9.18 Å². The molecule has 162 valence electrons. The number of nitrogens with one attached hydrogen (secondary N) is 1. The maximum absolute atomic E-state index is 13.3. The summed E-state index contributed by atoms with van der Waals surface area (Å²) < 4.78 is 15.4. The second-order valence-corrected chi connectivity index (χ2v) is 8.66. The number of hydrogen-bond donors (Lipinski definition) is 1. The summed E-state index contributed by atoms with van der Waals surface area (Å²) in [5.41, 5.74) is 3.72. The zero-order valence-electron chi connectivity index (χ0n) is 18.0. The summed E-state index contributed by atoms with van der Waals surface area (Å²) in [6.45, 7) is 1.78. The van der Waals surface area contributed by atoms with Crippen LogP contribution in [0.2, 0.25) is 0 Å². The maximum Gasteiger partial charge on any atom is 0.208 e. The molecule has 2 aliphatic rings. The first-order valence-electron chi connectivity index (χ1n) is 11.1. The summed E-state index contributed by atoms with van der Waals surface area (Å²) in [7, 11) is 0. The predicted molar refractivity (Wildman–Crippen MR) is 123 cm³/mol. The predicted octanol–water partition coefficient (Wildman–Crippen LogP) is 5.99. The lowest BCUT2D eigenvalue weighted by Crippen LogP contribution is -2.23. The van der Waals surface area contributed by atoms with Crippen molar-refractivity contribution in [3.8, 4) is 11.1 Å². The van der Waals surface area contributed by atoms with Gasteiger partial charge in [-0.05, 0) is 50.5 Å². The SMILES string of the molecule is Cc1ncc(-c2cccn3c(C4CCCC4)ncc23)cc1C(=O)C(=N)C1C=CC(F)=CC1. The first-order chi connectivity index (χ1) is 15.5. The van der Waals surface area contributed by atoms with Gasteiger partial charge < -0.3 is 9.81 Å². The topological polar surface area (TPSA) is 71.1 Å². The summed E-state index contributed by atoms with van der Waals surface area (Å²) in [5, 5.41) is 8.40. The summed E-state index contributed by atoms with van der Waals surface area (Å²) in [4.78, 5) is 22.3. The fraction of sp³-hybridized carbons (Fsp3) is 0.308. The summed E-state index contributed by atoms with van der Waals surface area (Å²) in [6, 6.07) is 5.83. The Balaban J connectivity index is 1.50. The van der Waals surface area contributed by atoms with Crippen LogP contribution in [-0.2, 0) is 0 Å². The van der Waals surface area contributed by atoms with Crippen molar-refractivity contribution in [3.63, 3.8) is 0 Å². The lowest BCUT2D eigenvalue weighted by atomic mass is 9.89. The highest BCUT2D eigenvalue weighted by atomic mass is 19.1. The molecule has 0 amide bonds. The zero-order chi connectivity index (χ0) is 22.2. The molecule has 32 heavy (non-hydrogen) atoms. The third-order valence-corrected chi connectivity index (χ3v) is 6.63. The Kier molecular flexibility index (Phi) is 5.29. The van der Waals surface area contributed by atoms with Crippen LogP contribution in [0.25, 0.3) is 16.6 Å². The molecule has 1 N–H and O–H groups in total. The van der Waals surface area contributed by atoms with Crippen molar-refractivity contribution in [1.29, 1.82) is 5.41 Å². The number of ketones is 1. The van der Waals surface area contributed by atoms with Gasteiger partial charge >= 0.3 is 0 Å². The first-order valence-corrected chi connectivity index (χ1v) is 11.1. The van der Waals surface area contributed by atoms with Crippen molar-refractivity contribution in [2.75, 3.05) is 0 Å². The highest BCUT2D eigenvalue weighted by Gasteiger charge is 2.25. The standard InChI is InChI=1S/C26H25FN4O/c1-16-22(25(32)24(28)17-8-10-20(27)11-9-17)13-19(14-29-16)21-7-4-12-31-23(21)15-30-26(31)18-5-2-3-6-18/h4,7-8,10-15,17-18,28H,2-3,5-6,9H2,1H3. The molecule has 6 heteroatoms. The van der Waals surface area contributed by atoms with Crippen molar-refractivity contribution in [3.05, 3.63) is 77.9 Å². The van der Waals surface area contributed by atoms with Gasteiger partial charge in [-0.3, -0.25) is 9.78 Å². The molecule has 3 heterocycles. The van der Waals surface area contributed by atoms with E-state index in [2.05, 4.69) is 9.38 Å². The van der Waals surface area contributed by atoms with Crippen molar-refractivity contribution in [2.24, 2.45) is 5.92 Å². The summed E-state index contributed by atoms with van der Waals surface area (Å²) >= 11 is 0. The van der Waals surface area contributed by atoms with Gasteiger partial charge in [0.05, 0.1) is 17.4 Å². The van der Waals surface area contributed by atoms with E-state index in [0.717, 1.165) is 22.5 Å². The number of halogens is 1. The molecule has 0 spiro atoms. The highest BCUT2D eigenvalue weighted by molar-refractivity contribution is 6.46. The number of Topliss-reactive ketones (excluding diaryl/α,β-unsaturated/α-hetero) is 1. The molecular formula is C26H25FN4O. The minimum atomic E-state index is -0.419. The summed E-state index contributed by atoms with van der Waals surface area (Å²) in [6.07, 6.45) is 15.2. The van der Waals surface area contributed by atoms with Gasteiger partial charge in [0.25, 0.3) is 0 Å². The molecule has 1 saturated carbocycles. The van der Waals surface area contributed by atoms with Gasteiger partial charge in [-0.1, -0.05) is 25.0 Å². The minimum absolute atomic E-state index is 0.0434. The first kappa shape index (κ1) is 20.5. The number of pyridine rings is 2. The molecule has 5 rings (SSSR count). The van der Waals surface area contributed by atoms with Gasteiger partial charge in [-0.15, -0.1) is 0 Å². The molecule has 0 saturated heterocycles. The fourth-order valence-corrected chi connectivity index (χ4v) is 4.80. The molecule has 0 radical (unpaired) electrons. The number of rotatable bonds is 5. The smallest absolute Gasteiger partial charge is 0.208 e. The number of aromatic nitrogens is 3. The fourth-order valence-electron chi connectivity index (χ4n) is 4.80.